The Labute approximate surface area is 148 Å². The predicted molar refractivity (Wildman–Crippen MR) is 95.5 cm³/mol. The minimum atomic E-state index is -0.366. The summed E-state index contributed by atoms with van der Waals surface area (Å²) < 4.78 is 5.02. The van der Waals surface area contributed by atoms with Crippen LogP contribution in [0.15, 0.2) is 52.5 Å². The first kappa shape index (κ1) is 16.9. The van der Waals surface area contributed by atoms with Gasteiger partial charge in [0.25, 0.3) is 5.91 Å². The number of furan rings is 1. The van der Waals surface area contributed by atoms with E-state index < -0.39 is 0 Å². The van der Waals surface area contributed by atoms with Crippen LogP contribution in [0, 0.1) is 6.92 Å². The van der Waals surface area contributed by atoms with Crippen LogP contribution in [0.25, 0.3) is 0 Å². The first-order valence-electron chi connectivity index (χ1n) is 7.72. The summed E-state index contributed by atoms with van der Waals surface area (Å²) in [6.07, 6.45) is 1.60. The molecule has 0 radical (unpaired) electrons. The van der Waals surface area contributed by atoms with Crippen LogP contribution in [0.2, 0.25) is 0 Å². The number of thiazole rings is 1. The summed E-state index contributed by atoms with van der Waals surface area (Å²) in [5.41, 5.74) is 2.84. The van der Waals surface area contributed by atoms with E-state index in [0.717, 1.165) is 11.1 Å². The van der Waals surface area contributed by atoms with E-state index in [4.69, 9.17) is 4.42 Å². The van der Waals surface area contributed by atoms with Gasteiger partial charge in [0.1, 0.15) is 0 Å². The van der Waals surface area contributed by atoms with Crippen molar-refractivity contribution in [1.29, 1.82) is 0 Å². The molecule has 3 rings (SSSR count). The number of carbonyl (C=O) groups is 2. The summed E-state index contributed by atoms with van der Waals surface area (Å²) in [5.74, 6) is -0.264. The van der Waals surface area contributed by atoms with Crippen molar-refractivity contribution in [3.63, 3.8) is 0 Å². The van der Waals surface area contributed by atoms with Crippen LogP contribution in [-0.4, -0.2) is 16.8 Å². The molecular weight excluding hydrogens is 338 g/mol. The second-order valence-corrected chi connectivity index (χ2v) is 6.31. The van der Waals surface area contributed by atoms with Gasteiger partial charge in [-0.1, -0.05) is 24.3 Å². The van der Waals surface area contributed by atoms with E-state index in [1.807, 2.05) is 31.2 Å². The van der Waals surface area contributed by atoms with Gasteiger partial charge in [0.2, 0.25) is 5.91 Å². The minimum Gasteiger partial charge on any atom is -0.459 e. The van der Waals surface area contributed by atoms with Crippen LogP contribution < -0.4 is 10.6 Å². The zero-order chi connectivity index (χ0) is 17.6. The Morgan fingerprint density at radius 2 is 2.04 bits per heavy atom. The lowest BCUT2D eigenvalue weighted by atomic mass is 10.1. The van der Waals surface area contributed by atoms with E-state index in [1.54, 1.807) is 17.5 Å². The van der Waals surface area contributed by atoms with Crippen molar-refractivity contribution in [2.45, 2.75) is 19.9 Å². The maximum Gasteiger partial charge on any atom is 0.293 e. The number of hydrogen-bond donors (Lipinski definition) is 2. The van der Waals surface area contributed by atoms with Crippen molar-refractivity contribution in [2.24, 2.45) is 0 Å². The Kier molecular flexibility index (Phi) is 5.25. The molecule has 0 atom stereocenters. The van der Waals surface area contributed by atoms with Gasteiger partial charge >= 0.3 is 0 Å². The predicted octanol–water partition coefficient (Wildman–Crippen LogP) is 3.16. The lowest BCUT2D eigenvalue weighted by Crippen LogP contribution is -2.25. The largest absolute Gasteiger partial charge is 0.459 e. The van der Waals surface area contributed by atoms with Gasteiger partial charge in [0.05, 0.1) is 18.4 Å². The number of rotatable bonds is 6. The van der Waals surface area contributed by atoms with E-state index in [-0.39, 0.29) is 24.0 Å². The summed E-state index contributed by atoms with van der Waals surface area (Å²) in [6, 6.07) is 11.1. The number of benzene rings is 1. The minimum absolute atomic E-state index is 0.113. The Bertz CT molecular complexity index is 871. The molecular formula is C18H17N3O3S. The van der Waals surface area contributed by atoms with Gasteiger partial charge in [-0.05, 0) is 30.2 Å². The van der Waals surface area contributed by atoms with E-state index in [2.05, 4.69) is 15.6 Å². The molecule has 3 aromatic rings. The Morgan fingerprint density at radius 1 is 1.20 bits per heavy atom. The number of carbonyl (C=O) groups excluding carboxylic acids is 2. The van der Waals surface area contributed by atoms with Crippen molar-refractivity contribution in [2.75, 3.05) is 5.32 Å². The fourth-order valence-corrected chi connectivity index (χ4v) is 2.95. The van der Waals surface area contributed by atoms with Crippen molar-refractivity contribution >= 4 is 28.3 Å². The van der Waals surface area contributed by atoms with Crippen LogP contribution >= 0.6 is 11.3 Å². The summed E-state index contributed by atoms with van der Waals surface area (Å²) in [5, 5.41) is 7.72. The normalized spacial score (nSPS) is 10.4. The lowest BCUT2D eigenvalue weighted by Gasteiger charge is -2.07. The van der Waals surface area contributed by atoms with E-state index in [1.165, 1.54) is 17.6 Å². The number of nitrogens with zero attached hydrogens (tertiary/aromatic N) is 1. The standard InChI is InChI=1S/C18H17N3O3S/c1-12-5-2-3-6-13(12)10-19-16(22)9-14-11-25-18(20-14)21-17(23)15-7-4-8-24-15/h2-8,11H,9-10H2,1H3,(H,19,22)(H,20,21,23). The molecule has 25 heavy (non-hydrogen) atoms. The third kappa shape index (κ3) is 4.54. The van der Waals surface area contributed by atoms with E-state index >= 15 is 0 Å². The Morgan fingerprint density at radius 3 is 2.80 bits per heavy atom. The van der Waals surface area contributed by atoms with E-state index in [9.17, 15) is 9.59 Å². The monoisotopic (exact) mass is 355 g/mol. The molecule has 0 fully saturated rings. The number of hydrogen-bond acceptors (Lipinski definition) is 5. The van der Waals surface area contributed by atoms with Crippen molar-refractivity contribution in [3.8, 4) is 0 Å². The molecule has 2 N–H and O–H groups in total. The maximum atomic E-state index is 12.1. The topological polar surface area (TPSA) is 84.2 Å². The molecule has 2 aromatic heterocycles. The first-order valence-corrected chi connectivity index (χ1v) is 8.60. The smallest absolute Gasteiger partial charge is 0.293 e. The molecule has 128 valence electrons. The second kappa shape index (κ2) is 7.76. The third-order valence-electron chi connectivity index (χ3n) is 3.60. The molecule has 2 amide bonds. The fraction of sp³-hybridized carbons (Fsp3) is 0.167. The van der Waals surface area contributed by atoms with E-state index in [0.29, 0.717) is 17.4 Å². The molecule has 0 aliphatic carbocycles. The summed E-state index contributed by atoms with van der Waals surface area (Å²) >= 11 is 1.27. The average molecular weight is 355 g/mol. The molecule has 0 aliphatic heterocycles. The molecule has 0 spiro atoms. The number of amides is 2. The molecule has 1 aromatic carbocycles. The van der Waals surface area contributed by atoms with Crippen molar-refractivity contribution in [3.05, 3.63) is 70.6 Å². The van der Waals surface area contributed by atoms with Gasteiger partial charge in [-0.3, -0.25) is 14.9 Å². The molecule has 6 nitrogen and oxygen atoms in total. The van der Waals surface area contributed by atoms with Gasteiger partial charge in [0, 0.05) is 11.9 Å². The highest BCUT2D eigenvalue weighted by Crippen LogP contribution is 2.17. The third-order valence-corrected chi connectivity index (χ3v) is 4.40. The van der Waals surface area contributed by atoms with Crippen LogP contribution in [0.5, 0.6) is 0 Å². The van der Waals surface area contributed by atoms with Gasteiger partial charge in [-0.25, -0.2) is 4.98 Å². The number of nitrogens with one attached hydrogen (secondary N) is 2. The maximum absolute atomic E-state index is 12.1. The summed E-state index contributed by atoms with van der Waals surface area (Å²) in [4.78, 5) is 28.2. The first-order chi connectivity index (χ1) is 12.1. The second-order valence-electron chi connectivity index (χ2n) is 5.46. The highest BCUT2D eigenvalue weighted by atomic mass is 32.1. The number of anilines is 1. The van der Waals surface area contributed by atoms with Gasteiger partial charge in [0.15, 0.2) is 10.9 Å². The SMILES string of the molecule is Cc1ccccc1CNC(=O)Cc1csc(NC(=O)c2ccco2)n1. The quantitative estimate of drug-likeness (QED) is 0.711. The zero-order valence-electron chi connectivity index (χ0n) is 13.6. The Balaban J connectivity index is 1.51. The molecule has 0 saturated carbocycles. The summed E-state index contributed by atoms with van der Waals surface area (Å²) in [6.45, 7) is 2.49. The molecule has 0 bridgehead atoms. The zero-order valence-corrected chi connectivity index (χ0v) is 14.4. The molecule has 0 aliphatic rings. The highest BCUT2D eigenvalue weighted by Gasteiger charge is 2.13. The highest BCUT2D eigenvalue weighted by molar-refractivity contribution is 7.14. The van der Waals surface area contributed by atoms with Gasteiger partial charge < -0.3 is 9.73 Å². The molecule has 0 saturated heterocycles. The average Bonchev–Trinajstić information content (AvgIpc) is 3.26. The van der Waals surface area contributed by atoms with Gasteiger partial charge in [-0.15, -0.1) is 11.3 Å². The molecule has 0 unspecified atom stereocenters. The van der Waals surface area contributed by atoms with Crippen LogP contribution in [0.1, 0.15) is 27.4 Å². The van der Waals surface area contributed by atoms with Gasteiger partial charge in [-0.2, -0.15) is 0 Å². The summed E-state index contributed by atoms with van der Waals surface area (Å²) in [7, 11) is 0. The number of aryl methyl sites for hydroxylation is 1. The van der Waals surface area contributed by atoms with Crippen molar-refractivity contribution in [1.82, 2.24) is 10.3 Å². The molecule has 2 heterocycles. The van der Waals surface area contributed by atoms with Crippen molar-refractivity contribution < 1.29 is 14.0 Å². The van der Waals surface area contributed by atoms with Crippen LogP contribution in [0.3, 0.4) is 0 Å². The van der Waals surface area contributed by atoms with Crippen LogP contribution in [-0.2, 0) is 17.8 Å². The Hall–Kier alpha value is -2.93. The van der Waals surface area contributed by atoms with Crippen LogP contribution in [0.4, 0.5) is 5.13 Å². The lowest BCUT2D eigenvalue weighted by molar-refractivity contribution is -0.120. The number of aromatic nitrogens is 1. The fourth-order valence-electron chi connectivity index (χ4n) is 2.24. The molecule has 7 heteroatoms.